The summed E-state index contributed by atoms with van der Waals surface area (Å²) in [6.45, 7) is 8.00. The third kappa shape index (κ3) is 2.90. The van der Waals surface area contributed by atoms with Crippen LogP contribution in [0.25, 0.3) is 0 Å². The minimum atomic E-state index is -0.763. The van der Waals surface area contributed by atoms with Gasteiger partial charge in [0.2, 0.25) is 0 Å². The molecule has 2 bridgehead atoms. The van der Waals surface area contributed by atoms with Crippen molar-refractivity contribution in [3.63, 3.8) is 0 Å². The van der Waals surface area contributed by atoms with Crippen LogP contribution in [0.4, 0.5) is 0 Å². The minimum absolute atomic E-state index is 0.0775. The Labute approximate surface area is 108 Å². The van der Waals surface area contributed by atoms with E-state index in [2.05, 4.69) is 23.6 Å². The summed E-state index contributed by atoms with van der Waals surface area (Å²) in [7, 11) is 0. The highest BCUT2D eigenvalue weighted by atomic mass is 16.4. The van der Waals surface area contributed by atoms with Crippen molar-refractivity contribution in [2.24, 2.45) is 11.8 Å². The summed E-state index contributed by atoms with van der Waals surface area (Å²) < 4.78 is 0. The number of carboxylic acid groups (broad SMARTS) is 1. The van der Waals surface area contributed by atoms with Crippen LogP contribution < -0.4 is 0 Å². The molecule has 2 rings (SSSR count). The van der Waals surface area contributed by atoms with E-state index in [9.17, 15) is 9.59 Å². The molecule has 2 heterocycles. The van der Waals surface area contributed by atoms with Crippen molar-refractivity contribution in [2.45, 2.75) is 26.3 Å². The third-order valence-electron chi connectivity index (χ3n) is 4.04. The number of Topliss-reactive ketones (excluding diaryl/α,β-unsaturated/α-hetero) is 1. The molecule has 0 aliphatic carbocycles. The van der Waals surface area contributed by atoms with Crippen LogP contribution in [0.1, 0.15) is 20.3 Å². The van der Waals surface area contributed by atoms with Crippen molar-refractivity contribution in [1.29, 1.82) is 0 Å². The van der Waals surface area contributed by atoms with Gasteiger partial charge in [-0.05, 0) is 13.8 Å². The van der Waals surface area contributed by atoms with Gasteiger partial charge in [0.25, 0.3) is 0 Å². The summed E-state index contributed by atoms with van der Waals surface area (Å²) in [6, 6.07) is 0.480. The lowest BCUT2D eigenvalue weighted by Crippen LogP contribution is -2.59. The fourth-order valence-electron chi connectivity index (χ4n) is 3.01. The number of carboxylic acids is 1. The Morgan fingerprint density at radius 1 is 1.28 bits per heavy atom. The van der Waals surface area contributed by atoms with Gasteiger partial charge < -0.3 is 10.0 Å². The van der Waals surface area contributed by atoms with Crippen molar-refractivity contribution < 1.29 is 14.7 Å². The molecule has 0 aromatic carbocycles. The van der Waals surface area contributed by atoms with Crippen molar-refractivity contribution >= 4 is 11.8 Å². The highest BCUT2D eigenvalue weighted by molar-refractivity contribution is 5.85. The molecule has 2 atom stereocenters. The standard InChI is InChI=1S/C13H22N2O3/c1-9(2)15-7-10-5-14(4-3-12(16)17)6-11(8-15)13(10)18/h9-11H,3-8H2,1-2H3,(H,16,17). The Hall–Kier alpha value is -0.940. The van der Waals surface area contributed by atoms with Crippen LogP contribution in [0, 0.1) is 11.8 Å². The molecule has 2 aliphatic heterocycles. The lowest BCUT2D eigenvalue weighted by molar-refractivity contribution is -0.139. The normalized spacial score (nSPS) is 29.8. The van der Waals surface area contributed by atoms with E-state index >= 15 is 0 Å². The van der Waals surface area contributed by atoms with Gasteiger partial charge in [0.1, 0.15) is 5.78 Å². The Morgan fingerprint density at radius 2 is 1.83 bits per heavy atom. The first-order valence-electron chi connectivity index (χ1n) is 6.69. The van der Waals surface area contributed by atoms with Crippen molar-refractivity contribution in [2.75, 3.05) is 32.7 Å². The molecule has 0 spiro atoms. The molecular weight excluding hydrogens is 232 g/mol. The average Bonchev–Trinajstić information content (AvgIpc) is 2.26. The molecule has 5 heteroatoms. The molecule has 1 N–H and O–H groups in total. The zero-order valence-corrected chi connectivity index (χ0v) is 11.1. The van der Waals surface area contributed by atoms with Gasteiger partial charge in [-0.1, -0.05) is 0 Å². The van der Waals surface area contributed by atoms with Crippen LogP contribution in [0.3, 0.4) is 0 Å². The van der Waals surface area contributed by atoms with Gasteiger partial charge in [0, 0.05) is 50.6 Å². The molecule has 0 radical (unpaired) electrons. The molecule has 2 unspecified atom stereocenters. The van der Waals surface area contributed by atoms with Crippen LogP contribution in [-0.4, -0.2) is 65.4 Å². The van der Waals surface area contributed by atoms with E-state index in [1.165, 1.54) is 0 Å². The molecule has 0 saturated carbocycles. The molecule has 2 aliphatic rings. The summed E-state index contributed by atoms with van der Waals surface area (Å²) in [5.74, 6) is -0.221. The second-order valence-electron chi connectivity index (χ2n) is 5.75. The zero-order chi connectivity index (χ0) is 13.3. The number of carbonyl (C=O) groups is 2. The van der Waals surface area contributed by atoms with Gasteiger partial charge in [-0.15, -0.1) is 0 Å². The Kier molecular flexibility index (Phi) is 4.02. The largest absolute Gasteiger partial charge is 0.481 e. The van der Waals surface area contributed by atoms with Gasteiger partial charge in [0.15, 0.2) is 0 Å². The second-order valence-corrected chi connectivity index (χ2v) is 5.75. The van der Waals surface area contributed by atoms with Crippen LogP contribution in [0.15, 0.2) is 0 Å². The van der Waals surface area contributed by atoms with E-state index in [4.69, 9.17) is 5.11 Å². The minimum Gasteiger partial charge on any atom is -0.481 e. The zero-order valence-electron chi connectivity index (χ0n) is 11.1. The molecule has 0 aromatic heterocycles. The fourth-order valence-corrected chi connectivity index (χ4v) is 3.01. The van der Waals surface area contributed by atoms with Gasteiger partial charge >= 0.3 is 5.97 Å². The quantitative estimate of drug-likeness (QED) is 0.782. The van der Waals surface area contributed by atoms with Gasteiger partial charge in [-0.25, -0.2) is 0 Å². The van der Waals surface area contributed by atoms with Crippen molar-refractivity contribution in [3.8, 4) is 0 Å². The molecule has 2 saturated heterocycles. The highest BCUT2D eigenvalue weighted by Gasteiger charge is 2.41. The number of fused-ring (bicyclic) bond motifs is 2. The molecule has 2 fully saturated rings. The van der Waals surface area contributed by atoms with E-state index in [1.807, 2.05) is 0 Å². The Morgan fingerprint density at radius 3 is 2.28 bits per heavy atom. The van der Waals surface area contributed by atoms with E-state index in [0.29, 0.717) is 18.4 Å². The third-order valence-corrected chi connectivity index (χ3v) is 4.04. The van der Waals surface area contributed by atoms with Crippen LogP contribution >= 0.6 is 0 Å². The summed E-state index contributed by atoms with van der Waals surface area (Å²) in [4.78, 5) is 27.2. The first-order valence-corrected chi connectivity index (χ1v) is 6.69. The summed E-state index contributed by atoms with van der Waals surface area (Å²) in [6.07, 6.45) is 0.168. The summed E-state index contributed by atoms with van der Waals surface area (Å²) in [5, 5.41) is 8.71. The maximum absolute atomic E-state index is 12.1. The first-order chi connectivity index (χ1) is 8.47. The van der Waals surface area contributed by atoms with Gasteiger partial charge in [0.05, 0.1) is 6.42 Å². The predicted octanol–water partition coefficient (Wildman–Crippen LogP) is 0.302. The number of piperidine rings is 2. The Balaban J connectivity index is 1.95. The molecule has 5 nitrogen and oxygen atoms in total. The SMILES string of the molecule is CC(C)N1CC2CN(CCC(=O)O)CC(C1)C2=O. The fraction of sp³-hybridized carbons (Fsp3) is 0.846. The van der Waals surface area contributed by atoms with Crippen molar-refractivity contribution in [3.05, 3.63) is 0 Å². The maximum Gasteiger partial charge on any atom is 0.304 e. The highest BCUT2D eigenvalue weighted by Crippen LogP contribution is 2.26. The smallest absolute Gasteiger partial charge is 0.304 e. The summed E-state index contributed by atoms with van der Waals surface area (Å²) >= 11 is 0. The van der Waals surface area contributed by atoms with E-state index < -0.39 is 5.97 Å². The lowest BCUT2D eigenvalue weighted by atomic mass is 9.82. The number of rotatable bonds is 4. The number of aliphatic carboxylic acids is 1. The summed E-state index contributed by atoms with van der Waals surface area (Å²) in [5.41, 5.74) is 0. The first kappa shape index (κ1) is 13.5. The Bertz CT molecular complexity index is 325. The number of carbonyl (C=O) groups excluding carboxylic acids is 1. The number of ketones is 1. The van der Waals surface area contributed by atoms with Crippen molar-refractivity contribution in [1.82, 2.24) is 9.80 Å². The van der Waals surface area contributed by atoms with Gasteiger partial charge in [-0.3, -0.25) is 14.5 Å². The molecule has 0 aromatic rings. The number of hydrogen-bond donors (Lipinski definition) is 1. The van der Waals surface area contributed by atoms with Crippen LogP contribution in [-0.2, 0) is 9.59 Å². The second kappa shape index (κ2) is 5.36. The number of likely N-dealkylation sites (tertiary alicyclic amines) is 2. The molecular formula is C13H22N2O3. The molecule has 18 heavy (non-hydrogen) atoms. The van der Waals surface area contributed by atoms with E-state index in [1.54, 1.807) is 0 Å². The monoisotopic (exact) mass is 254 g/mol. The van der Waals surface area contributed by atoms with E-state index in [-0.39, 0.29) is 18.3 Å². The molecule has 102 valence electrons. The topological polar surface area (TPSA) is 60.9 Å². The number of hydrogen-bond acceptors (Lipinski definition) is 4. The lowest BCUT2D eigenvalue weighted by Gasteiger charge is -2.45. The van der Waals surface area contributed by atoms with Crippen LogP contribution in [0.5, 0.6) is 0 Å². The maximum atomic E-state index is 12.1. The molecule has 0 amide bonds. The average molecular weight is 254 g/mol. The van der Waals surface area contributed by atoms with Crippen LogP contribution in [0.2, 0.25) is 0 Å². The number of nitrogens with zero attached hydrogens (tertiary/aromatic N) is 2. The predicted molar refractivity (Wildman–Crippen MR) is 67.4 cm³/mol. The van der Waals surface area contributed by atoms with Gasteiger partial charge in [-0.2, -0.15) is 0 Å². The van der Waals surface area contributed by atoms with E-state index in [0.717, 1.165) is 26.2 Å².